The summed E-state index contributed by atoms with van der Waals surface area (Å²) < 4.78 is 16.6. The first-order valence-corrected chi connectivity index (χ1v) is 6.27. The average molecular weight is 246 g/mol. The minimum absolute atomic E-state index is 0.0484. The molecule has 0 aromatic heterocycles. The molecule has 1 saturated heterocycles. The van der Waals surface area contributed by atoms with Crippen LogP contribution in [0, 0.1) is 0 Å². The number of rotatable bonds is 10. The Bertz CT molecular complexity index is 218. The summed E-state index contributed by atoms with van der Waals surface area (Å²) in [5.41, 5.74) is 2.47. The Morgan fingerprint density at radius 3 is 2.65 bits per heavy atom. The van der Waals surface area contributed by atoms with E-state index in [4.69, 9.17) is 20.1 Å². The van der Waals surface area contributed by atoms with Crippen LogP contribution < -0.4 is 11.3 Å². The molecule has 5 heteroatoms. The van der Waals surface area contributed by atoms with Crippen molar-refractivity contribution in [1.29, 1.82) is 0 Å². The van der Waals surface area contributed by atoms with Crippen LogP contribution in [0.15, 0.2) is 0 Å². The number of nitrogens with one attached hydrogen (secondary N) is 1. The number of hydrazine groups is 1. The third-order valence-corrected chi connectivity index (χ3v) is 2.75. The zero-order valence-corrected chi connectivity index (χ0v) is 11.3. The lowest BCUT2D eigenvalue weighted by Crippen LogP contribution is -2.31. The topological polar surface area (TPSA) is 69.0 Å². The average Bonchev–Trinajstić information content (AvgIpc) is 2.93. The molecule has 1 aliphatic heterocycles. The van der Waals surface area contributed by atoms with Gasteiger partial charge in [0.1, 0.15) is 0 Å². The van der Waals surface area contributed by atoms with Gasteiger partial charge >= 0.3 is 0 Å². The fraction of sp³-hybridized carbons (Fsp3) is 1.00. The molecule has 102 valence electrons. The Morgan fingerprint density at radius 1 is 1.35 bits per heavy atom. The first kappa shape index (κ1) is 14.9. The third-order valence-electron chi connectivity index (χ3n) is 2.75. The molecular formula is C12H26N2O3. The van der Waals surface area contributed by atoms with Gasteiger partial charge in [-0.3, -0.25) is 11.3 Å². The van der Waals surface area contributed by atoms with Crippen LogP contribution in [-0.2, 0) is 14.2 Å². The SMILES string of the molecule is CC(C)(CC1(C)CO1)OCCCOCCNN. The maximum Gasteiger partial charge on any atom is 0.0915 e. The molecule has 0 amide bonds. The van der Waals surface area contributed by atoms with Gasteiger partial charge in [-0.1, -0.05) is 0 Å². The molecule has 1 atom stereocenters. The van der Waals surface area contributed by atoms with E-state index in [1.807, 2.05) is 0 Å². The summed E-state index contributed by atoms with van der Waals surface area (Å²) in [5.74, 6) is 5.12. The van der Waals surface area contributed by atoms with Crippen LogP contribution in [-0.4, -0.2) is 44.2 Å². The molecule has 1 heterocycles. The van der Waals surface area contributed by atoms with E-state index in [-0.39, 0.29) is 11.2 Å². The summed E-state index contributed by atoms with van der Waals surface area (Å²) in [5, 5.41) is 0. The maximum absolute atomic E-state index is 5.85. The van der Waals surface area contributed by atoms with Crippen molar-refractivity contribution in [3.63, 3.8) is 0 Å². The second-order valence-corrected chi connectivity index (χ2v) is 5.44. The van der Waals surface area contributed by atoms with E-state index in [2.05, 4.69) is 26.2 Å². The van der Waals surface area contributed by atoms with Crippen molar-refractivity contribution in [1.82, 2.24) is 5.43 Å². The molecule has 0 spiro atoms. The first-order chi connectivity index (χ1) is 7.97. The van der Waals surface area contributed by atoms with Crippen molar-refractivity contribution in [2.45, 2.75) is 44.8 Å². The van der Waals surface area contributed by atoms with Crippen LogP contribution in [0.5, 0.6) is 0 Å². The van der Waals surface area contributed by atoms with Gasteiger partial charge in [-0.25, -0.2) is 0 Å². The van der Waals surface area contributed by atoms with E-state index >= 15 is 0 Å². The lowest BCUT2D eigenvalue weighted by molar-refractivity contribution is -0.0436. The monoisotopic (exact) mass is 246 g/mol. The summed E-state index contributed by atoms with van der Waals surface area (Å²) in [6, 6.07) is 0. The number of nitrogens with two attached hydrogens (primary N) is 1. The predicted molar refractivity (Wildman–Crippen MR) is 66.6 cm³/mol. The number of ether oxygens (including phenoxy) is 3. The van der Waals surface area contributed by atoms with E-state index in [1.54, 1.807) is 0 Å². The van der Waals surface area contributed by atoms with E-state index < -0.39 is 0 Å². The summed E-state index contributed by atoms with van der Waals surface area (Å²) in [6.07, 6.45) is 1.85. The van der Waals surface area contributed by atoms with Crippen molar-refractivity contribution < 1.29 is 14.2 Å². The Morgan fingerprint density at radius 2 is 2.06 bits per heavy atom. The van der Waals surface area contributed by atoms with Gasteiger partial charge < -0.3 is 14.2 Å². The quantitative estimate of drug-likeness (QED) is 0.259. The summed E-state index contributed by atoms with van der Waals surface area (Å²) in [7, 11) is 0. The van der Waals surface area contributed by atoms with Gasteiger partial charge in [-0.2, -0.15) is 0 Å². The van der Waals surface area contributed by atoms with Crippen molar-refractivity contribution >= 4 is 0 Å². The molecule has 0 bridgehead atoms. The number of hydrogen-bond acceptors (Lipinski definition) is 5. The van der Waals surface area contributed by atoms with Crippen LogP contribution in [0.4, 0.5) is 0 Å². The highest BCUT2D eigenvalue weighted by molar-refractivity contribution is 4.93. The van der Waals surface area contributed by atoms with Gasteiger partial charge in [0.05, 0.1) is 24.4 Å². The Balaban J connectivity index is 1.97. The first-order valence-electron chi connectivity index (χ1n) is 6.27. The molecule has 1 aliphatic rings. The third kappa shape index (κ3) is 6.95. The van der Waals surface area contributed by atoms with Crippen molar-refractivity contribution in [3.8, 4) is 0 Å². The lowest BCUT2D eigenvalue weighted by atomic mass is 9.95. The predicted octanol–water partition coefficient (Wildman–Crippen LogP) is 0.831. The lowest BCUT2D eigenvalue weighted by Gasteiger charge is -2.27. The van der Waals surface area contributed by atoms with Gasteiger partial charge in [0.25, 0.3) is 0 Å². The molecule has 1 rings (SSSR count). The molecule has 1 unspecified atom stereocenters. The smallest absolute Gasteiger partial charge is 0.0915 e. The molecular weight excluding hydrogens is 220 g/mol. The van der Waals surface area contributed by atoms with Crippen LogP contribution in [0.2, 0.25) is 0 Å². The maximum atomic E-state index is 5.85. The summed E-state index contributed by atoms with van der Waals surface area (Å²) >= 11 is 0. The summed E-state index contributed by atoms with van der Waals surface area (Å²) in [4.78, 5) is 0. The molecule has 3 N–H and O–H groups in total. The van der Waals surface area contributed by atoms with E-state index in [0.29, 0.717) is 19.8 Å². The van der Waals surface area contributed by atoms with Gasteiger partial charge in [-0.15, -0.1) is 0 Å². The van der Waals surface area contributed by atoms with E-state index in [1.165, 1.54) is 0 Å². The number of epoxide rings is 1. The highest BCUT2D eigenvalue weighted by atomic mass is 16.6. The second-order valence-electron chi connectivity index (χ2n) is 5.44. The Kier molecular flexibility index (Phi) is 5.82. The normalized spacial score (nSPS) is 24.0. The van der Waals surface area contributed by atoms with E-state index in [9.17, 15) is 0 Å². The minimum atomic E-state index is -0.121. The molecule has 0 aromatic carbocycles. The largest absolute Gasteiger partial charge is 0.380 e. The van der Waals surface area contributed by atoms with Crippen LogP contribution in [0.3, 0.4) is 0 Å². The van der Waals surface area contributed by atoms with Gasteiger partial charge in [0.15, 0.2) is 0 Å². The molecule has 1 fully saturated rings. The molecule has 0 radical (unpaired) electrons. The van der Waals surface area contributed by atoms with Crippen molar-refractivity contribution in [2.75, 3.05) is 33.0 Å². The standard InChI is InChI=1S/C12H26N2O3/c1-11(2,9-12(3)10-17-12)16-7-4-6-15-8-5-14-13/h14H,4-10,13H2,1-3H3. The van der Waals surface area contributed by atoms with Crippen molar-refractivity contribution in [3.05, 3.63) is 0 Å². The highest BCUT2D eigenvalue weighted by Gasteiger charge is 2.44. The van der Waals surface area contributed by atoms with Crippen LogP contribution >= 0.6 is 0 Å². The molecule has 0 aromatic rings. The fourth-order valence-corrected chi connectivity index (χ4v) is 1.92. The van der Waals surface area contributed by atoms with Gasteiger partial charge in [0, 0.05) is 26.2 Å². The Labute approximate surface area is 104 Å². The van der Waals surface area contributed by atoms with Crippen LogP contribution in [0.1, 0.15) is 33.6 Å². The molecule has 0 aliphatic carbocycles. The summed E-state index contributed by atoms with van der Waals surface area (Å²) in [6.45, 7) is 9.97. The van der Waals surface area contributed by atoms with Gasteiger partial charge in [0.2, 0.25) is 0 Å². The molecule has 17 heavy (non-hydrogen) atoms. The molecule has 0 saturated carbocycles. The highest BCUT2D eigenvalue weighted by Crippen LogP contribution is 2.36. The second kappa shape index (κ2) is 6.66. The molecule has 5 nitrogen and oxygen atoms in total. The van der Waals surface area contributed by atoms with Crippen molar-refractivity contribution in [2.24, 2.45) is 5.84 Å². The van der Waals surface area contributed by atoms with E-state index in [0.717, 1.165) is 26.1 Å². The Hall–Kier alpha value is -0.200. The zero-order valence-electron chi connectivity index (χ0n) is 11.3. The minimum Gasteiger partial charge on any atom is -0.380 e. The van der Waals surface area contributed by atoms with Gasteiger partial charge in [-0.05, 0) is 27.2 Å². The zero-order chi connectivity index (χ0) is 12.8. The fourth-order valence-electron chi connectivity index (χ4n) is 1.92. The van der Waals surface area contributed by atoms with Crippen LogP contribution in [0.25, 0.3) is 0 Å². The number of hydrogen-bond donors (Lipinski definition) is 2.